The smallest absolute Gasteiger partial charge is 0.277 e. The van der Waals surface area contributed by atoms with Gasteiger partial charge in [-0.15, -0.1) is 21.5 Å². The molecule has 3 aromatic heterocycles. The first-order valence-corrected chi connectivity index (χ1v) is 10.3. The molecule has 4 aromatic rings. The van der Waals surface area contributed by atoms with Gasteiger partial charge in [0.2, 0.25) is 11.8 Å². The molecule has 0 bridgehead atoms. The van der Waals surface area contributed by atoms with Crippen LogP contribution in [-0.4, -0.2) is 31.8 Å². The second kappa shape index (κ2) is 8.36. The number of thioether (sulfide) groups is 1. The number of thiophene rings is 1. The summed E-state index contributed by atoms with van der Waals surface area (Å²) in [6.45, 7) is 0.545. The number of para-hydroxylation sites is 2. The number of imidazole rings is 1. The summed E-state index contributed by atoms with van der Waals surface area (Å²) in [5.74, 6) is 1.61. The zero-order chi connectivity index (χ0) is 18.5. The van der Waals surface area contributed by atoms with Crippen LogP contribution in [0.5, 0.6) is 0 Å². The molecule has 0 aliphatic rings. The number of fused-ring (bicyclic) bond motifs is 1. The molecule has 0 saturated carbocycles. The fourth-order valence-electron chi connectivity index (χ4n) is 2.52. The minimum absolute atomic E-state index is 0.0598. The van der Waals surface area contributed by atoms with Crippen LogP contribution in [0.3, 0.4) is 0 Å². The van der Waals surface area contributed by atoms with Crippen molar-refractivity contribution in [2.24, 2.45) is 0 Å². The lowest BCUT2D eigenvalue weighted by Crippen LogP contribution is -2.24. The van der Waals surface area contributed by atoms with E-state index in [1.54, 1.807) is 11.3 Å². The van der Waals surface area contributed by atoms with Gasteiger partial charge >= 0.3 is 0 Å². The Bertz CT molecular complexity index is 992. The molecule has 9 heteroatoms. The van der Waals surface area contributed by atoms with Gasteiger partial charge in [0.05, 0.1) is 23.3 Å². The number of benzene rings is 1. The summed E-state index contributed by atoms with van der Waals surface area (Å²) in [6.07, 6.45) is 1.28. The van der Waals surface area contributed by atoms with E-state index in [9.17, 15) is 4.79 Å². The second-order valence-corrected chi connectivity index (χ2v) is 7.77. The van der Waals surface area contributed by atoms with Crippen molar-refractivity contribution >= 4 is 40.0 Å². The van der Waals surface area contributed by atoms with E-state index in [0.717, 1.165) is 21.7 Å². The lowest BCUT2D eigenvalue weighted by molar-refractivity contribution is -0.118. The summed E-state index contributed by atoms with van der Waals surface area (Å²) in [6, 6.07) is 11.9. The van der Waals surface area contributed by atoms with E-state index in [1.807, 2.05) is 41.8 Å². The predicted octanol–water partition coefficient (Wildman–Crippen LogP) is 3.20. The quantitative estimate of drug-likeness (QED) is 0.442. The van der Waals surface area contributed by atoms with E-state index < -0.39 is 0 Å². The van der Waals surface area contributed by atoms with Gasteiger partial charge in [-0.2, -0.15) is 0 Å². The number of amides is 1. The van der Waals surface area contributed by atoms with E-state index in [-0.39, 0.29) is 11.7 Å². The van der Waals surface area contributed by atoms with Gasteiger partial charge in [0.25, 0.3) is 5.22 Å². The number of carbonyl (C=O) groups excluding carboxylic acids is 1. The standard InChI is InChI=1S/C18H17N5O2S2/c24-16(19-10-12-4-3-9-26-12)11-27-18-23-22-17(25-18)8-7-15-20-13-5-1-2-6-14(13)21-15/h1-6,9H,7-8,10-11H2,(H,19,24)(H,20,21). The Morgan fingerprint density at radius 1 is 1.19 bits per heavy atom. The zero-order valence-electron chi connectivity index (χ0n) is 14.3. The number of hydrogen-bond donors (Lipinski definition) is 2. The molecule has 0 atom stereocenters. The van der Waals surface area contributed by atoms with Crippen molar-refractivity contribution in [3.8, 4) is 0 Å². The molecule has 0 radical (unpaired) electrons. The van der Waals surface area contributed by atoms with E-state index in [1.165, 1.54) is 11.8 Å². The summed E-state index contributed by atoms with van der Waals surface area (Å²) in [7, 11) is 0. The molecule has 7 nitrogen and oxygen atoms in total. The summed E-state index contributed by atoms with van der Waals surface area (Å²) in [4.78, 5) is 20.8. The van der Waals surface area contributed by atoms with Crippen LogP contribution in [0, 0.1) is 0 Å². The monoisotopic (exact) mass is 399 g/mol. The Morgan fingerprint density at radius 3 is 2.96 bits per heavy atom. The number of aryl methyl sites for hydroxylation is 2. The van der Waals surface area contributed by atoms with Crippen molar-refractivity contribution in [3.63, 3.8) is 0 Å². The number of aromatic amines is 1. The molecule has 4 rings (SSSR count). The highest BCUT2D eigenvalue weighted by atomic mass is 32.2. The highest BCUT2D eigenvalue weighted by Crippen LogP contribution is 2.17. The highest BCUT2D eigenvalue weighted by molar-refractivity contribution is 7.99. The zero-order valence-corrected chi connectivity index (χ0v) is 16.0. The molecule has 0 fully saturated rings. The first kappa shape index (κ1) is 17.7. The minimum Gasteiger partial charge on any atom is -0.416 e. The van der Waals surface area contributed by atoms with E-state index in [4.69, 9.17) is 4.42 Å². The first-order valence-electron chi connectivity index (χ1n) is 8.44. The van der Waals surface area contributed by atoms with Crippen LogP contribution in [0.4, 0.5) is 0 Å². The van der Waals surface area contributed by atoms with Crippen LogP contribution < -0.4 is 5.32 Å². The van der Waals surface area contributed by atoms with Crippen molar-refractivity contribution in [2.75, 3.05) is 5.75 Å². The van der Waals surface area contributed by atoms with E-state index >= 15 is 0 Å². The van der Waals surface area contributed by atoms with Crippen molar-refractivity contribution in [2.45, 2.75) is 24.6 Å². The number of nitrogens with one attached hydrogen (secondary N) is 2. The Balaban J connectivity index is 1.24. The third kappa shape index (κ3) is 4.75. The molecule has 0 spiro atoms. The fraction of sp³-hybridized carbons (Fsp3) is 0.222. The Labute approximate surface area is 163 Å². The average Bonchev–Trinajstić information content (AvgIpc) is 3.43. The van der Waals surface area contributed by atoms with Gasteiger partial charge in [-0.3, -0.25) is 4.79 Å². The molecule has 3 heterocycles. The maximum Gasteiger partial charge on any atom is 0.277 e. The molecular formula is C18H17N5O2S2. The maximum absolute atomic E-state index is 11.9. The van der Waals surface area contributed by atoms with Gasteiger partial charge in [-0.1, -0.05) is 30.0 Å². The number of H-pyrrole nitrogens is 1. The predicted molar refractivity (Wildman–Crippen MR) is 105 cm³/mol. The Morgan fingerprint density at radius 2 is 2.11 bits per heavy atom. The topological polar surface area (TPSA) is 96.7 Å². The molecule has 2 N–H and O–H groups in total. The molecule has 0 saturated heterocycles. The fourth-order valence-corrected chi connectivity index (χ4v) is 3.78. The average molecular weight is 400 g/mol. The van der Waals surface area contributed by atoms with Crippen LogP contribution in [0.25, 0.3) is 11.0 Å². The van der Waals surface area contributed by atoms with Gasteiger partial charge in [0.15, 0.2) is 0 Å². The normalized spacial score (nSPS) is 11.1. The number of rotatable bonds is 8. The molecule has 0 aliphatic heterocycles. The third-order valence-corrected chi connectivity index (χ3v) is 5.52. The number of aromatic nitrogens is 4. The van der Waals surface area contributed by atoms with Gasteiger partial charge in [-0.05, 0) is 23.6 Å². The van der Waals surface area contributed by atoms with Crippen LogP contribution in [0.1, 0.15) is 16.6 Å². The summed E-state index contributed by atoms with van der Waals surface area (Å²) < 4.78 is 5.60. The molecule has 0 aliphatic carbocycles. The maximum atomic E-state index is 11.9. The molecule has 1 amide bonds. The molecule has 138 valence electrons. The van der Waals surface area contributed by atoms with Gasteiger partial charge in [0.1, 0.15) is 5.82 Å². The van der Waals surface area contributed by atoms with Gasteiger partial charge in [0, 0.05) is 17.7 Å². The van der Waals surface area contributed by atoms with E-state index in [2.05, 4.69) is 25.5 Å². The lowest BCUT2D eigenvalue weighted by Gasteiger charge is -2.01. The molecule has 0 unspecified atom stereocenters. The summed E-state index contributed by atoms with van der Waals surface area (Å²) in [5.41, 5.74) is 1.96. The van der Waals surface area contributed by atoms with Crippen LogP contribution >= 0.6 is 23.1 Å². The lowest BCUT2D eigenvalue weighted by atomic mass is 10.3. The van der Waals surface area contributed by atoms with Crippen LogP contribution in [0.15, 0.2) is 51.4 Å². The number of carbonyl (C=O) groups is 1. The van der Waals surface area contributed by atoms with Crippen molar-refractivity contribution in [3.05, 3.63) is 58.4 Å². The minimum atomic E-state index is -0.0598. The van der Waals surface area contributed by atoms with E-state index in [0.29, 0.717) is 30.5 Å². The number of nitrogens with zero attached hydrogens (tertiary/aromatic N) is 3. The van der Waals surface area contributed by atoms with Gasteiger partial charge < -0.3 is 14.7 Å². The largest absolute Gasteiger partial charge is 0.416 e. The van der Waals surface area contributed by atoms with Crippen molar-refractivity contribution in [1.29, 1.82) is 0 Å². The second-order valence-electron chi connectivity index (χ2n) is 5.81. The molecular weight excluding hydrogens is 382 g/mol. The van der Waals surface area contributed by atoms with Crippen LogP contribution in [0.2, 0.25) is 0 Å². The van der Waals surface area contributed by atoms with Crippen LogP contribution in [-0.2, 0) is 24.2 Å². The van der Waals surface area contributed by atoms with Gasteiger partial charge in [-0.25, -0.2) is 4.98 Å². The Kier molecular flexibility index (Phi) is 5.50. The SMILES string of the molecule is O=C(CSc1nnc(CCc2nc3ccccc3[nH]2)o1)NCc1cccs1. The highest BCUT2D eigenvalue weighted by Gasteiger charge is 2.11. The summed E-state index contributed by atoms with van der Waals surface area (Å²) >= 11 is 2.86. The van der Waals surface area contributed by atoms with Crippen molar-refractivity contribution < 1.29 is 9.21 Å². The number of hydrogen-bond acceptors (Lipinski definition) is 7. The molecule has 1 aromatic carbocycles. The summed E-state index contributed by atoms with van der Waals surface area (Å²) in [5, 5.41) is 13.3. The van der Waals surface area contributed by atoms with Crippen molar-refractivity contribution in [1.82, 2.24) is 25.5 Å². The third-order valence-electron chi connectivity index (χ3n) is 3.83. The molecule has 27 heavy (non-hydrogen) atoms. The Hall–Kier alpha value is -2.65. The first-order chi connectivity index (χ1) is 13.3.